The van der Waals surface area contributed by atoms with E-state index >= 15 is 0 Å². The van der Waals surface area contributed by atoms with Crippen LogP contribution in [0.2, 0.25) is 0 Å². The number of urea groups is 1. The topological polar surface area (TPSA) is 67.4 Å². The van der Waals surface area contributed by atoms with E-state index in [0.29, 0.717) is 17.8 Å². The molecule has 0 unspecified atom stereocenters. The zero-order chi connectivity index (χ0) is 15.9. The molecule has 5 heteroatoms. The first-order chi connectivity index (χ1) is 10.6. The predicted octanol–water partition coefficient (Wildman–Crippen LogP) is 3.22. The lowest BCUT2D eigenvalue weighted by atomic mass is 10.1. The summed E-state index contributed by atoms with van der Waals surface area (Å²) in [6.45, 7) is 1.92. The molecule has 0 radical (unpaired) electrons. The number of benzene rings is 2. The molecule has 2 aromatic carbocycles. The summed E-state index contributed by atoms with van der Waals surface area (Å²) in [6, 6.07) is 13.9. The molecular formula is C17H18N2O3. The molecule has 0 spiro atoms. The van der Waals surface area contributed by atoms with Crippen molar-refractivity contribution in [1.29, 1.82) is 0 Å². The molecular weight excluding hydrogens is 280 g/mol. The van der Waals surface area contributed by atoms with Gasteiger partial charge in [0.15, 0.2) is 5.78 Å². The fourth-order valence-electron chi connectivity index (χ4n) is 1.89. The normalized spacial score (nSPS) is 9.91. The number of ether oxygens (including phenoxy) is 1. The molecule has 2 aromatic rings. The lowest BCUT2D eigenvalue weighted by Gasteiger charge is -2.08. The van der Waals surface area contributed by atoms with Gasteiger partial charge < -0.3 is 15.4 Å². The van der Waals surface area contributed by atoms with E-state index in [2.05, 4.69) is 10.6 Å². The van der Waals surface area contributed by atoms with Crippen molar-refractivity contribution >= 4 is 17.5 Å². The Morgan fingerprint density at radius 2 is 1.64 bits per heavy atom. The third-order valence-electron chi connectivity index (χ3n) is 3.16. The monoisotopic (exact) mass is 298 g/mol. The predicted molar refractivity (Wildman–Crippen MR) is 85.3 cm³/mol. The van der Waals surface area contributed by atoms with Gasteiger partial charge in [-0.2, -0.15) is 0 Å². The maximum absolute atomic E-state index is 11.8. The van der Waals surface area contributed by atoms with Crippen molar-refractivity contribution in [3.05, 3.63) is 59.7 Å². The molecule has 0 bridgehead atoms. The second-order valence-electron chi connectivity index (χ2n) is 4.79. The van der Waals surface area contributed by atoms with Crippen molar-refractivity contribution in [1.82, 2.24) is 5.32 Å². The van der Waals surface area contributed by atoms with Crippen LogP contribution in [0.3, 0.4) is 0 Å². The Labute approximate surface area is 129 Å². The summed E-state index contributed by atoms with van der Waals surface area (Å²) < 4.78 is 5.08. The van der Waals surface area contributed by atoms with E-state index in [0.717, 1.165) is 11.3 Å². The zero-order valence-corrected chi connectivity index (χ0v) is 12.6. The van der Waals surface area contributed by atoms with Crippen LogP contribution in [0, 0.1) is 0 Å². The summed E-state index contributed by atoms with van der Waals surface area (Å²) in [5.74, 6) is 0.772. The van der Waals surface area contributed by atoms with E-state index in [1.165, 1.54) is 6.92 Å². The van der Waals surface area contributed by atoms with Crippen LogP contribution < -0.4 is 15.4 Å². The molecule has 0 aromatic heterocycles. The second kappa shape index (κ2) is 7.26. The van der Waals surface area contributed by atoms with Crippen molar-refractivity contribution in [2.45, 2.75) is 13.5 Å². The SMILES string of the molecule is COc1ccc(CNC(=O)Nc2ccc(C(C)=O)cc2)cc1. The van der Waals surface area contributed by atoms with Crippen molar-refractivity contribution in [2.24, 2.45) is 0 Å². The molecule has 5 nitrogen and oxygen atoms in total. The van der Waals surface area contributed by atoms with E-state index in [9.17, 15) is 9.59 Å². The van der Waals surface area contributed by atoms with Gasteiger partial charge in [0.25, 0.3) is 0 Å². The van der Waals surface area contributed by atoms with Gasteiger partial charge >= 0.3 is 6.03 Å². The van der Waals surface area contributed by atoms with E-state index < -0.39 is 0 Å². The van der Waals surface area contributed by atoms with Crippen molar-refractivity contribution < 1.29 is 14.3 Å². The third-order valence-corrected chi connectivity index (χ3v) is 3.16. The minimum Gasteiger partial charge on any atom is -0.497 e. The number of methoxy groups -OCH3 is 1. The lowest BCUT2D eigenvalue weighted by molar-refractivity contribution is 0.101. The van der Waals surface area contributed by atoms with Gasteiger partial charge in [-0.05, 0) is 48.9 Å². The van der Waals surface area contributed by atoms with Crippen molar-refractivity contribution in [3.8, 4) is 5.75 Å². The molecule has 114 valence electrons. The third kappa shape index (κ3) is 4.34. The first kappa shape index (κ1) is 15.6. The van der Waals surface area contributed by atoms with Gasteiger partial charge in [0.1, 0.15) is 5.75 Å². The first-order valence-electron chi connectivity index (χ1n) is 6.87. The number of amides is 2. The van der Waals surface area contributed by atoms with E-state index in [1.54, 1.807) is 31.4 Å². The van der Waals surface area contributed by atoms with Crippen molar-refractivity contribution in [3.63, 3.8) is 0 Å². The fraction of sp³-hybridized carbons (Fsp3) is 0.176. The Kier molecular flexibility index (Phi) is 5.14. The Hall–Kier alpha value is -2.82. The smallest absolute Gasteiger partial charge is 0.319 e. The van der Waals surface area contributed by atoms with Crippen LogP contribution in [-0.4, -0.2) is 18.9 Å². The van der Waals surface area contributed by atoms with E-state index in [4.69, 9.17) is 4.74 Å². The summed E-state index contributed by atoms with van der Waals surface area (Å²) >= 11 is 0. The van der Waals surface area contributed by atoms with Crippen LogP contribution in [0.4, 0.5) is 10.5 Å². The molecule has 22 heavy (non-hydrogen) atoms. The van der Waals surface area contributed by atoms with Gasteiger partial charge in [-0.1, -0.05) is 12.1 Å². The number of anilines is 1. The summed E-state index contributed by atoms with van der Waals surface area (Å²) in [7, 11) is 1.61. The van der Waals surface area contributed by atoms with Crippen LogP contribution >= 0.6 is 0 Å². The quantitative estimate of drug-likeness (QED) is 0.833. The number of carbonyl (C=O) groups excluding carboxylic acids is 2. The number of Topliss-reactive ketones (excluding diaryl/α,β-unsaturated/α-hetero) is 1. The van der Waals surface area contributed by atoms with Crippen LogP contribution in [-0.2, 0) is 6.54 Å². The number of ketones is 1. The van der Waals surface area contributed by atoms with E-state index in [-0.39, 0.29) is 11.8 Å². The highest BCUT2D eigenvalue weighted by Gasteiger charge is 2.03. The van der Waals surface area contributed by atoms with Crippen LogP contribution in [0.1, 0.15) is 22.8 Å². The van der Waals surface area contributed by atoms with Crippen molar-refractivity contribution in [2.75, 3.05) is 12.4 Å². The number of nitrogens with one attached hydrogen (secondary N) is 2. The molecule has 0 aliphatic rings. The summed E-state index contributed by atoms with van der Waals surface area (Å²) in [5, 5.41) is 5.48. The standard InChI is InChI=1S/C17H18N2O3/c1-12(20)14-5-7-15(8-6-14)19-17(21)18-11-13-3-9-16(22-2)10-4-13/h3-10H,11H2,1-2H3,(H2,18,19,21). The number of hydrogen-bond acceptors (Lipinski definition) is 3. The van der Waals surface area contributed by atoms with Crippen LogP contribution in [0.5, 0.6) is 5.75 Å². The minimum atomic E-state index is -0.300. The maximum atomic E-state index is 11.8. The van der Waals surface area contributed by atoms with Crippen LogP contribution in [0.15, 0.2) is 48.5 Å². The average molecular weight is 298 g/mol. The molecule has 2 rings (SSSR count). The average Bonchev–Trinajstić information content (AvgIpc) is 2.54. The van der Waals surface area contributed by atoms with Gasteiger partial charge in [-0.25, -0.2) is 4.79 Å². The zero-order valence-electron chi connectivity index (χ0n) is 12.6. The second-order valence-corrected chi connectivity index (χ2v) is 4.79. The van der Waals surface area contributed by atoms with Gasteiger partial charge in [-0.15, -0.1) is 0 Å². The number of rotatable bonds is 5. The molecule has 2 N–H and O–H groups in total. The molecule has 0 saturated carbocycles. The summed E-state index contributed by atoms with van der Waals surface area (Å²) in [5.41, 5.74) is 2.23. The number of carbonyl (C=O) groups is 2. The molecule has 0 fully saturated rings. The highest BCUT2D eigenvalue weighted by atomic mass is 16.5. The maximum Gasteiger partial charge on any atom is 0.319 e. The molecule has 0 heterocycles. The van der Waals surface area contributed by atoms with E-state index in [1.807, 2.05) is 24.3 Å². The van der Waals surface area contributed by atoms with Gasteiger partial charge in [0, 0.05) is 17.8 Å². The highest BCUT2D eigenvalue weighted by Crippen LogP contribution is 2.12. The Balaban J connectivity index is 1.85. The Bertz CT molecular complexity index is 649. The summed E-state index contributed by atoms with van der Waals surface area (Å²) in [4.78, 5) is 23.0. The fourth-order valence-corrected chi connectivity index (χ4v) is 1.89. The Morgan fingerprint density at radius 1 is 1.00 bits per heavy atom. The molecule has 2 amide bonds. The van der Waals surface area contributed by atoms with Gasteiger partial charge in [0.05, 0.1) is 7.11 Å². The Morgan fingerprint density at radius 3 is 2.18 bits per heavy atom. The van der Waals surface area contributed by atoms with Gasteiger partial charge in [-0.3, -0.25) is 4.79 Å². The summed E-state index contributed by atoms with van der Waals surface area (Å²) in [6.07, 6.45) is 0. The largest absolute Gasteiger partial charge is 0.497 e. The molecule has 0 saturated heterocycles. The molecule has 0 atom stereocenters. The molecule has 0 aliphatic carbocycles. The lowest BCUT2D eigenvalue weighted by Crippen LogP contribution is -2.28. The van der Waals surface area contributed by atoms with Gasteiger partial charge in [0.2, 0.25) is 0 Å². The minimum absolute atomic E-state index is 0.00416. The number of hydrogen-bond donors (Lipinski definition) is 2. The molecule has 0 aliphatic heterocycles. The first-order valence-corrected chi connectivity index (χ1v) is 6.87. The van der Waals surface area contributed by atoms with Crippen LogP contribution in [0.25, 0.3) is 0 Å². The highest BCUT2D eigenvalue weighted by molar-refractivity contribution is 5.95.